The Balaban J connectivity index is 1.55. The molecule has 0 atom stereocenters. The third kappa shape index (κ3) is 2.99. The number of benzene rings is 1. The van der Waals surface area contributed by atoms with E-state index in [0.717, 1.165) is 0 Å². The van der Waals surface area contributed by atoms with Gasteiger partial charge < -0.3 is 19.2 Å². The van der Waals surface area contributed by atoms with Gasteiger partial charge in [0.2, 0.25) is 0 Å². The molecule has 0 saturated heterocycles. The van der Waals surface area contributed by atoms with E-state index in [0.29, 0.717) is 33.4 Å². The Bertz CT molecular complexity index is 1260. The minimum Gasteiger partial charge on any atom is -0.454 e. The van der Waals surface area contributed by atoms with Crippen molar-refractivity contribution in [1.82, 2.24) is 20.1 Å². The number of aromatic nitrogens is 4. The Morgan fingerprint density at radius 2 is 1.93 bits per heavy atom. The average Bonchev–Trinajstić information content (AvgIpc) is 3.19. The fraction of sp³-hybridized carbons (Fsp3) is 0.167. The maximum absolute atomic E-state index is 12.5. The molecule has 0 bridgehead atoms. The molecule has 9 heteroatoms. The molecule has 0 unspecified atom stereocenters. The van der Waals surface area contributed by atoms with E-state index in [1.165, 1.54) is 6.07 Å². The molecule has 27 heavy (non-hydrogen) atoms. The highest BCUT2D eigenvalue weighted by Gasteiger charge is 2.20. The van der Waals surface area contributed by atoms with Gasteiger partial charge in [-0.15, -0.1) is 0 Å². The van der Waals surface area contributed by atoms with E-state index in [1.54, 1.807) is 32.0 Å². The van der Waals surface area contributed by atoms with Gasteiger partial charge in [-0.3, -0.25) is 4.79 Å². The van der Waals surface area contributed by atoms with Crippen LogP contribution >= 0.6 is 0 Å². The van der Waals surface area contributed by atoms with Crippen LogP contribution in [0.3, 0.4) is 0 Å². The molecule has 0 spiro atoms. The van der Waals surface area contributed by atoms with E-state index in [2.05, 4.69) is 20.1 Å². The molecule has 3 aromatic heterocycles. The van der Waals surface area contributed by atoms with Crippen LogP contribution in [0.5, 0.6) is 0 Å². The molecule has 1 aromatic carbocycles. The monoisotopic (exact) mass is 366 g/mol. The zero-order valence-electron chi connectivity index (χ0n) is 14.5. The normalized spacial score (nSPS) is 11.2. The van der Waals surface area contributed by atoms with Gasteiger partial charge in [0.25, 0.3) is 5.71 Å². The van der Waals surface area contributed by atoms with Crippen molar-refractivity contribution >= 4 is 33.9 Å². The number of imidazole rings is 1. The number of ketones is 1. The second-order valence-corrected chi connectivity index (χ2v) is 6.10. The number of aryl methyl sites for hydroxylation is 2. The van der Waals surface area contributed by atoms with Gasteiger partial charge in [0.15, 0.2) is 12.4 Å². The third-order valence-corrected chi connectivity index (χ3v) is 4.14. The van der Waals surface area contributed by atoms with Crippen LogP contribution in [0.15, 0.2) is 33.6 Å². The van der Waals surface area contributed by atoms with Crippen molar-refractivity contribution in [3.05, 3.63) is 57.3 Å². The average molecular weight is 366 g/mol. The van der Waals surface area contributed by atoms with E-state index in [9.17, 15) is 14.4 Å². The van der Waals surface area contributed by atoms with Crippen LogP contribution in [0.2, 0.25) is 0 Å². The van der Waals surface area contributed by atoms with Gasteiger partial charge in [-0.1, -0.05) is 5.16 Å². The summed E-state index contributed by atoms with van der Waals surface area (Å²) in [5, 5.41) is 4.27. The summed E-state index contributed by atoms with van der Waals surface area (Å²) in [7, 11) is 0. The molecule has 136 valence electrons. The first-order valence-electron chi connectivity index (χ1n) is 8.08. The van der Waals surface area contributed by atoms with Crippen LogP contribution in [0.25, 0.3) is 22.1 Å². The SMILES string of the molecule is Cc1cc(C(=O)OCC(=O)c2ccc3[nH]c(=O)[nH]c3c2)c2c(C)noc2n1. The zero-order chi connectivity index (χ0) is 19.1. The summed E-state index contributed by atoms with van der Waals surface area (Å²) in [5.41, 5.74) is 2.62. The third-order valence-electron chi connectivity index (χ3n) is 4.14. The minimum atomic E-state index is -0.665. The van der Waals surface area contributed by atoms with Gasteiger partial charge in [0, 0.05) is 11.3 Å². The Kier molecular flexibility index (Phi) is 3.84. The molecular weight excluding hydrogens is 352 g/mol. The standard InChI is InChI=1S/C18H14N4O5/c1-8-5-11(15-9(2)22-27-16(15)19-8)17(24)26-7-14(23)10-3-4-12-13(6-10)21-18(25)20-12/h3-6H,7H2,1-2H3,(H2,20,21,25). The highest BCUT2D eigenvalue weighted by molar-refractivity contribution is 6.05. The second kappa shape index (κ2) is 6.20. The van der Waals surface area contributed by atoms with Gasteiger partial charge in [0.05, 0.1) is 27.7 Å². The number of aromatic amines is 2. The topological polar surface area (TPSA) is 131 Å². The quantitative estimate of drug-likeness (QED) is 0.417. The summed E-state index contributed by atoms with van der Waals surface area (Å²) in [6.45, 7) is 2.97. The van der Waals surface area contributed by atoms with Crippen LogP contribution < -0.4 is 5.69 Å². The Morgan fingerprint density at radius 3 is 2.74 bits per heavy atom. The van der Waals surface area contributed by atoms with Crippen molar-refractivity contribution in [2.75, 3.05) is 6.61 Å². The lowest BCUT2D eigenvalue weighted by Gasteiger charge is -2.06. The Morgan fingerprint density at radius 1 is 1.15 bits per heavy atom. The molecule has 4 rings (SSSR count). The van der Waals surface area contributed by atoms with Gasteiger partial charge in [0.1, 0.15) is 0 Å². The van der Waals surface area contributed by atoms with Crippen molar-refractivity contribution in [3.8, 4) is 0 Å². The van der Waals surface area contributed by atoms with Crippen LogP contribution in [0, 0.1) is 13.8 Å². The molecule has 4 aromatic rings. The molecule has 0 amide bonds. The molecule has 3 heterocycles. The number of rotatable bonds is 4. The lowest BCUT2D eigenvalue weighted by molar-refractivity contribution is 0.0476. The summed E-state index contributed by atoms with van der Waals surface area (Å²) in [5.74, 6) is -1.06. The summed E-state index contributed by atoms with van der Waals surface area (Å²) < 4.78 is 10.3. The number of hydrogen-bond acceptors (Lipinski definition) is 7. The van der Waals surface area contributed by atoms with Gasteiger partial charge >= 0.3 is 11.7 Å². The number of ether oxygens (including phenoxy) is 1. The smallest absolute Gasteiger partial charge is 0.339 e. The number of nitrogens with one attached hydrogen (secondary N) is 2. The first-order chi connectivity index (χ1) is 12.9. The fourth-order valence-corrected chi connectivity index (χ4v) is 2.88. The number of pyridine rings is 1. The van der Waals surface area contributed by atoms with E-state index >= 15 is 0 Å². The second-order valence-electron chi connectivity index (χ2n) is 6.10. The summed E-state index contributed by atoms with van der Waals surface area (Å²) in [4.78, 5) is 45.5. The highest BCUT2D eigenvalue weighted by atomic mass is 16.5. The predicted octanol–water partition coefficient (Wildman–Crippen LogP) is 2.05. The molecule has 0 aliphatic heterocycles. The minimum absolute atomic E-state index is 0.243. The number of fused-ring (bicyclic) bond motifs is 2. The number of hydrogen-bond donors (Lipinski definition) is 2. The van der Waals surface area contributed by atoms with Crippen molar-refractivity contribution in [2.24, 2.45) is 0 Å². The maximum Gasteiger partial charge on any atom is 0.339 e. The number of H-pyrrole nitrogens is 2. The largest absolute Gasteiger partial charge is 0.454 e. The highest BCUT2D eigenvalue weighted by Crippen LogP contribution is 2.22. The van der Waals surface area contributed by atoms with Gasteiger partial charge in [-0.05, 0) is 38.1 Å². The molecule has 0 aliphatic carbocycles. The van der Waals surface area contributed by atoms with Crippen LogP contribution in [-0.4, -0.2) is 38.5 Å². The summed E-state index contributed by atoms with van der Waals surface area (Å²) >= 11 is 0. The van der Waals surface area contributed by atoms with Crippen molar-refractivity contribution in [2.45, 2.75) is 13.8 Å². The van der Waals surface area contributed by atoms with Crippen molar-refractivity contribution < 1.29 is 18.8 Å². The van der Waals surface area contributed by atoms with Gasteiger partial charge in [-0.2, -0.15) is 0 Å². The number of carbonyl (C=O) groups is 2. The van der Waals surface area contributed by atoms with Crippen molar-refractivity contribution in [1.29, 1.82) is 0 Å². The first kappa shape index (κ1) is 16.7. The van der Waals surface area contributed by atoms with Gasteiger partial charge in [-0.25, -0.2) is 14.6 Å². The molecule has 2 N–H and O–H groups in total. The van der Waals surface area contributed by atoms with E-state index in [1.807, 2.05) is 0 Å². The molecule has 0 fully saturated rings. The Hall–Kier alpha value is -3.75. The number of esters is 1. The molecule has 0 radical (unpaired) electrons. The van der Waals surface area contributed by atoms with Crippen molar-refractivity contribution in [3.63, 3.8) is 0 Å². The number of Topliss-reactive ketones (excluding diaryl/α,β-unsaturated/α-hetero) is 1. The van der Waals surface area contributed by atoms with Crippen LogP contribution in [-0.2, 0) is 4.74 Å². The van der Waals surface area contributed by atoms with Crippen LogP contribution in [0.1, 0.15) is 32.1 Å². The fourth-order valence-electron chi connectivity index (χ4n) is 2.88. The lowest BCUT2D eigenvalue weighted by atomic mass is 10.1. The molecule has 0 saturated carbocycles. The van der Waals surface area contributed by atoms with E-state index < -0.39 is 18.4 Å². The molecule has 0 aliphatic rings. The lowest BCUT2D eigenvalue weighted by Crippen LogP contribution is -2.15. The molecule has 9 nitrogen and oxygen atoms in total. The number of nitrogens with zero attached hydrogens (tertiary/aromatic N) is 2. The van der Waals surface area contributed by atoms with E-state index in [-0.39, 0.29) is 17.0 Å². The number of carbonyl (C=O) groups excluding carboxylic acids is 2. The van der Waals surface area contributed by atoms with E-state index in [4.69, 9.17) is 9.26 Å². The van der Waals surface area contributed by atoms with Crippen LogP contribution in [0.4, 0.5) is 0 Å². The zero-order valence-corrected chi connectivity index (χ0v) is 14.5. The summed E-state index contributed by atoms with van der Waals surface area (Å²) in [6, 6.07) is 6.26. The summed E-state index contributed by atoms with van der Waals surface area (Å²) in [6.07, 6.45) is 0. The molecular formula is C18H14N4O5. The predicted molar refractivity (Wildman–Crippen MR) is 94.8 cm³/mol. The maximum atomic E-state index is 12.5. The Labute approximate surface area is 151 Å². The first-order valence-corrected chi connectivity index (χ1v) is 8.08.